The van der Waals surface area contributed by atoms with Crippen LogP contribution in [0.5, 0.6) is 0 Å². The SMILES string of the molecule is CC(=O)Nc1[c]cc(C)cc1-c1ccccc1. The average Bonchev–Trinajstić information content (AvgIpc) is 2.32. The molecule has 0 heterocycles. The first kappa shape index (κ1) is 11.4. The minimum absolute atomic E-state index is 0.0812. The van der Waals surface area contributed by atoms with E-state index in [9.17, 15) is 4.79 Å². The van der Waals surface area contributed by atoms with Crippen LogP contribution in [0.2, 0.25) is 0 Å². The van der Waals surface area contributed by atoms with Gasteiger partial charge in [-0.15, -0.1) is 0 Å². The van der Waals surface area contributed by atoms with Crippen LogP contribution in [0.25, 0.3) is 11.1 Å². The van der Waals surface area contributed by atoms with Gasteiger partial charge in [0, 0.05) is 18.6 Å². The van der Waals surface area contributed by atoms with Crippen LogP contribution in [-0.4, -0.2) is 5.91 Å². The molecule has 2 rings (SSSR count). The number of carbonyl (C=O) groups is 1. The highest BCUT2D eigenvalue weighted by molar-refractivity contribution is 5.93. The molecule has 0 spiro atoms. The smallest absolute Gasteiger partial charge is 0.221 e. The van der Waals surface area contributed by atoms with Gasteiger partial charge in [0.25, 0.3) is 0 Å². The molecule has 1 N–H and O–H groups in total. The third-order valence-corrected chi connectivity index (χ3v) is 2.47. The van der Waals surface area contributed by atoms with Crippen molar-refractivity contribution in [3.8, 4) is 11.1 Å². The van der Waals surface area contributed by atoms with Crippen molar-refractivity contribution in [2.75, 3.05) is 5.32 Å². The number of amides is 1. The molecule has 0 aliphatic rings. The van der Waals surface area contributed by atoms with E-state index in [1.54, 1.807) is 0 Å². The van der Waals surface area contributed by atoms with Crippen molar-refractivity contribution < 1.29 is 4.79 Å². The Kier molecular flexibility index (Phi) is 3.24. The van der Waals surface area contributed by atoms with Crippen molar-refractivity contribution in [2.24, 2.45) is 0 Å². The highest BCUT2D eigenvalue weighted by Crippen LogP contribution is 2.28. The predicted molar refractivity (Wildman–Crippen MR) is 69.8 cm³/mol. The Morgan fingerprint density at radius 3 is 2.59 bits per heavy atom. The maximum absolute atomic E-state index is 11.2. The molecule has 2 aromatic rings. The number of aryl methyl sites for hydroxylation is 1. The number of anilines is 1. The van der Waals surface area contributed by atoms with Gasteiger partial charge in [0.2, 0.25) is 5.91 Å². The Bertz CT molecular complexity index is 532. The van der Waals surface area contributed by atoms with Gasteiger partial charge >= 0.3 is 0 Å². The number of nitrogens with one attached hydrogen (secondary N) is 1. The number of rotatable bonds is 2. The van der Waals surface area contributed by atoms with Crippen LogP contribution in [0.4, 0.5) is 5.69 Å². The van der Waals surface area contributed by atoms with Crippen molar-refractivity contribution in [1.29, 1.82) is 0 Å². The zero-order chi connectivity index (χ0) is 12.3. The molecule has 2 heteroatoms. The lowest BCUT2D eigenvalue weighted by molar-refractivity contribution is -0.114. The van der Waals surface area contributed by atoms with Gasteiger partial charge in [-0.1, -0.05) is 30.3 Å². The van der Waals surface area contributed by atoms with Gasteiger partial charge in [-0.3, -0.25) is 4.79 Å². The van der Waals surface area contributed by atoms with Crippen molar-refractivity contribution >= 4 is 11.6 Å². The van der Waals surface area contributed by atoms with Gasteiger partial charge < -0.3 is 5.32 Å². The molecule has 85 valence electrons. The number of hydrogen-bond donors (Lipinski definition) is 1. The molecule has 0 fully saturated rings. The van der Waals surface area contributed by atoms with E-state index in [0.717, 1.165) is 22.4 Å². The molecule has 1 radical (unpaired) electrons. The van der Waals surface area contributed by atoms with Crippen LogP contribution in [0.3, 0.4) is 0 Å². The van der Waals surface area contributed by atoms with E-state index >= 15 is 0 Å². The number of hydrogen-bond acceptors (Lipinski definition) is 1. The zero-order valence-electron chi connectivity index (χ0n) is 9.95. The Balaban J connectivity index is 2.51. The van der Waals surface area contributed by atoms with Crippen molar-refractivity contribution in [3.63, 3.8) is 0 Å². The lowest BCUT2D eigenvalue weighted by atomic mass is 10.0. The van der Waals surface area contributed by atoms with Crippen molar-refractivity contribution in [2.45, 2.75) is 13.8 Å². The first-order chi connectivity index (χ1) is 8.16. The van der Waals surface area contributed by atoms with Gasteiger partial charge in [0.15, 0.2) is 0 Å². The van der Waals surface area contributed by atoms with Crippen molar-refractivity contribution in [3.05, 3.63) is 54.1 Å². The molecule has 0 saturated carbocycles. The van der Waals surface area contributed by atoms with E-state index in [4.69, 9.17) is 0 Å². The largest absolute Gasteiger partial charge is 0.325 e. The summed E-state index contributed by atoms with van der Waals surface area (Å²) in [5.41, 5.74) is 3.93. The average molecular weight is 224 g/mol. The topological polar surface area (TPSA) is 29.1 Å². The third-order valence-electron chi connectivity index (χ3n) is 2.47. The second-order valence-electron chi connectivity index (χ2n) is 4.01. The van der Waals surface area contributed by atoms with E-state index in [1.165, 1.54) is 6.92 Å². The minimum atomic E-state index is -0.0812. The number of benzene rings is 2. The van der Waals surface area contributed by atoms with Crippen LogP contribution >= 0.6 is 0 Å². The quantitative estimate of drug-likeness (QED) is 0.832. The van der Waals surface area contributed by atoms with Gasteiger partial charge in [0.1, 0.15) is 0 Å². The van der Waals surface area contributed by atoms with Crippen LogP contribution in [0, 0.1) is 13.0 Å². The molecule has 17 heavy (non-hydrogen) atoms. The molecule has 0 atom stereocenters. The summed E-state index contributed by atoms with van der Waals surface area (Å²) < 4.78 is 0. The maximum Gasteiger partial charge on any atom is 0.221 e. The van der Waals surface area contributed by atoms with Crippen molar-refractivity contribution in [1.82, 2.24) is 0 Å². The van der Waals surface area contributed by atoms with Gasteiger partial charge in [-0.25, -0.2) is 0 Å². The molecule has 0 aliphatic heterocycles. The fourth-order valence-corrected chi connectivity index (χ4v) is 1.73. The molecule has 2 nitrogen and oxygen atoms in total. The molecule has 2 aromatic carbocycles. The Labute approximate surface area is 101 Å². The summed E-state index contributed by atoms with van der Waals surface area (Å²) in [6.45, 7) is 3.52. The lowest BCUT2D eigenvalue weighted by Gasteiger charge is -2.10. The van der Waals surface area contributed by atoms with E-state index in [-0.39, 0.29) is 5.91 Å². The summed E-state index contributed by atoms with van der Waals surface area (Å²) in [4.78, 5) is 11.2. The van der Waals surface area contributed by atoms with Crippen LogP contribution in [-0.2, 0) is 4.79 Å². The fraction of sp³-hybridized carbons (Fsp3) is 0.133. The molecule has 1 amide bonds. The van der Waals surface area contributed by atoms with E-state index < -0.39 is 0 Å². The molecule has 0 unspecified atom stereocenters. The molecule has 0 aromatic heterocycles. The summed E-state index contributed by atoms with van der Waals surface area (Å²) in [7, 11) is 0. The highest BCUT2D eigenvalue weighted by Gasteiger charge is 2.06. The van der Waals surface area contributed by atoms with Crippen LogP contribution in [0.1, 0.15) is 12.5 Å². The Morgan fingerprint density at radius 2 is 1.94 bits per heavy atom. The predicted octanol–water partition coefficient (Wildman–Crippen LogP) is 3.42. The summed E-state index contributed by atoms with van der Waals surface area (Å²) in [6, 6.07) is 17.0. The van der Waals surface area contributed by atoms with E-state index in [1.807, 2.05) is 43.3 Å². The first-order valence-corrected chi connectivity index (χ1v) is 5.52. The highest BCUT2D eigenvalue weighted by atomic mass is 16.1. The third kappa shape index (κ3) is 2.72. The molecule has 0 aliphatic carbocycles. The summed E-state index contributed by atoms with van der Waals surface area (Å²) in [6.07, 6.45) is 0. The minimum Gasteiger partial charge on any atom is -0.325 e. The second kappa shape index (κ2) is 4.83. The summed E-state index contributed by atoms with van der Waals surface area (Å²) >= 11 is 0. The summed E-state index contributed by atoms with van der Waals surface area (Å²) in [5.74, 6) is -0.0812. The summed E-state index contributed by atoms with van der Waals surface area (Å²) in [5, 5.41) is 2.80. The zero-order valence-corrected chi connectivity index (χ0v) is 9.95. The second-order valence-corrected chi connectivity index (χ2v) is 4.01. The lowest BCUT2D eigenvalue weighted by Crippen LogP contribution is -2.07. The molecule has 0 bridgehead atoms. The fourth-order valence-electron chi connectivity index (χ4n) is 1.73. The maximum atomic E-state index is 11.2. The van der Waals surface area contributed by atoms with Crippen LogP contribution < -0.4 is 5.32 Å². The molecular weight excluding hydrogens is 210 g/mol. The van der Waals surface area contributed by atoms with Crippen LogP contribution in [0.15, 0.2) is 42.5 Å². The normalized spacial score (nSPS) is 10.0. The monoisotopic (exact) mass is 224 g/mol. The molecular formula is C15H14NO. The van der Waals surface area contributed by atoms with E-state index in [2.05, 4.69) is 17.4 Å². The molecule has 0 saturated heterocycles. The first-order valence-electron chi connectivity index (χ1n) is 5.52. The van der Waals surface area contributed by atoms with Gasteiger partial charge in [-0.2, -0.15) is 0 Å². The number of carbonyl (C=O) groups excluding carboxylic acids is 1. The Hall–Kier alpha value is -2.09. The Morgan fingerprint density at radius 1 is 1.24 bits per heavy atom. The standard InChI is InChI=1S/C15H14NO/c1-11-8-9-15(16-12(2)17)14(10-11)13-6-4-3-5-7-13/h3-8,10H,1-2H3,(H,16,17). The van der Waals surface area contributed by atoms with E-state index in [0.29, 0.717) is 0 Å². The van der Waals surface area contributed by atoms with Gasteiger partial charge in [0.05, 0.1) is 5.69 Å². The van der Waals surface area contributed by atoms with Gasteiger partial charge in [-0.05, 0) is 30.2 Å².